The summed E-state index contributed by atoms with van der Waals surface area (Å²) >= 11 is 0. The second kappa shape index (κ2) is 10.5. The van der Waals surface area contributed by atoms with Crippen LogP contribution in [0, 0.1) is 0 Å². The summed E-state index contributed by atoms with van der Waals surface area (Å²) in [5.41, 5.74) is 3.82. The number of nitrogens with zero attached hydrogens (tertiary/aromatic N) is 1. The summed E-state index contributed by atoms with van der Waals surface area (Å²) < 4.78 is 16.6. The first kappa shape index (κ1) is 22.2. The average Bonchev–Trinajstić information content (AvgIpc) is 2.83. The average molecular weight is 434 g/mol. The topological polar surface area (TPSA) is 48.0 Å². The first-order valence-corrected chi connectivity index (χ1v) is 11.4. The molecular weight excluding hydrogens is 402 g/mol. The molecule has 3 aromatic rings. The zero-order chi connectivity index (χ0) is 22.3. The highest BCUT2D eigenvalue weighted by atomic mass is 16.6. The molecule has 0 saturated heterocycles. The molecule has 1 aliphatic rings. The van der Waals surface area contributed by atoms with E-state index in [-0.39, 0.29) is 5.97 Å². The number of carbonyl (C=O) groups is 1. The molecule has 0 bridgehead atoms. The zero-order valence-electron chi connectivity index (χ0n) is 18.9. The van der Waals surface area contributed by atoms with Gasteiger partial charge in [-0.15, -0.1) is 0 Å². The standard InChI is InChI=1S/C27H31NO4/c1-3-31-26(27(29)30-2)19-22-10-6-9-21-18-23(13-14-24(21)22)32-17-16-28-15-7-11-20-8-4-5-12-25(20)28/h4-6,8-10,12-14,18,26H,3,7,11,15-17,19H2,1-2H3. The zero-order valence-corrected chi connectivity index (χ0v) is 18.9. The number of carbonyl (C=O) groups excluding carboxylic acids is 1. The molecule has 32 heavy (non-hydrogen) atoms. The maximum Gasteiger partial charge on any atom is 0.335 e. The molecule has 0 aromatic heterocycles. The van der Waals surface area contributed by atoms with Crippen LogP contribution in [-0.2, 0) is 27.1 Å². The highest BCUT2D eigenvalue weighted by molar-refractivity contribution is 5.87. The number of para-hydroxylation sites is 1. The Morgan fingerprint density at radius 3 is 2.81 bits per heavy atom. The third kappa shape index (κ3) is 5.05. The summed E-state index contributed by atoms with van der Waals surface area (Å²) in [5.74, 6) is 0.511. The van der Waals surface area contributed by atoms with E-state index in [4.69, 9.17) is 14.2 Å². The van der Waals surface area contributed by atoms with Crippen LogP contribution in [0.1, 0.15) is 24.5 Å². The van der Waals surface area contributed by atoms with Crippen molar-refractivity contribution in [2.45, 2.75) is 32.3 Å². The highest BCUT2D eigenvalue weighted by Crippen LogP contribution is 2.28. The lowest BCUT2D eigenvalue weighted by molar-refractivity contribution is -0.153. The lowest BCUT2D eigenvalue weighted by Crippen LogP contribution is -2.33. The first-order chi connectivity index (χ1) is 15.7. The molecule has 0 N–H and O–H groups in total. The van der Waals surface area contributed by atoms with Crippen molar-refractivity contribution in [2.24, 2.45) is 0 Å². The summed E-state index contributed by atoms with van der Waals surface area (Å²) in [6.45, 7) is 4.91. The van der Waals surface area contributed by atoms with Gasteiger partial charge in [-0.3, -0.25) is 0 Å². The third-order valence-corrected chi connectivity index (χ3v) is 6.02. The monoisotopic (exact) mass is 433 g/mol. The van der Waals surface area contributed by atoms with Crippen molar-refractivity contribution < 1.29 is 19.0 Å². The maximum atomic E-state index is 12.1. The summed E-state index contributed by atoms with van der Waals surface area (Å²) in [5, 5.41) is 2.18. The Kier molecular flexibility index (Phi) is 7.28. The number of fused-ring (bicyclic) bond motifs is 2. The molecule has 0 saturated carbocycles. The summed E-state index contributed by atoms with van der Waals surface area (Å²) in [6, 6.07) is 20.9. The minimum Gasteiger partial charge on any atom is -0.492 e. The van der Waals surface area contributed by atoms with Crippen LogP contribution >= 0.6 is 0 Å². The number of ether oxygens (including phenoxy) is 3. The largest absolute Gasteiger partial charge is 0.492 e. The number of methoxy groups -OCH3 is 1. The Hall–Kier alpha value is -3.05. The van der Waals surface area contributed by atoms with Crippen molar-refractivity contribution in [1.29, 1.82) is 0 Å². The van der Waals surface area contributed by atoms with E-state index in [0.717, 1.165) is 41.6 Å². The van der Waals surface area contributed by atoms with Gasteiger partial charge in [-0.1, -0.05) is 42.5 Å². The second-order valence-electron chi connectivity index (χ2n) is 8.04. The van der Waals surface area contributed by atoms with Crippen molar-refractivity contribution in [1.82, 2.24) is 0 Å². The number of esters is 1. The van der Waals surface area contributed by atoms with Gasteiger partial charge in [0.25, 0.3) is 0 Å². The van der Waals surface area contributed by atoms with Crippen molar-refractivity contribution in [2.75, 3.05) is 38.3 Å². The van der Waals surface area contributed by atoms with Crippen LogP contribution in [0.3, 0.4) is 0 Å². The fraction of sp³-hybridized carbons (Fsp3) is 0.370. The molecule has 1 heterocycles. The fourth-order valence-electron chi connectivity index (χ4n) is 4.46. The Balaban J connectivity index is 1.43. The predicted molar refractivity (Wildman–Crippen MR) is 128 cm³/mol. The van der Waals surface area contributed by atoms with E-state index in [2.05, 4.69) is 47.4 Å². The van der Waals surface area contributed by atoms with Crippen LogP contribution in [0.25, 0.3) is 10.8 Å². The smallest absolute Gasteiger partial charge is 0.335 e. The predicted octanol–water partition coefficient (Wildman–Crippen LogP) is 4.79. The van der Waals surface area contributed by atoms with Gasteiger partial charge in [0.05, 0.1) is 13.7 Å². The SMILES string of the molecule is CCOC(Cc1cccc2cc(OCCN3CCCc4ccccc43)ccc12)C(=O)OC. The minimum absolute atomic E-state index is 0.344. The molecule has 0 amide bonds. The van der Waals surface area contributed by atoms with Crippen LogP contribution < -0.4 is 9.64 Å². The molecule has 3 aromatic carbocycles. The fourth-order valence-corrected chi connectivity index (χ4v) is 4.46. The molecule has 0 aliphatic carbocycles. The van der Waals surface area contributed by atoms with E-state index < -0.39 is 6.10 Å². The van der Waals surface area contributed by atoms with Gasteiger partial charge in [-0.05, 0) is 59.9 Å². The third-order valence-electron chi connectivity index (χ3n) is 6.02. The van der Waals surface area contributed by atoms with E-state index in [1.165, 1.54) is 24.8 Å². The molecule has 5 heteroatoms. The molecule has 4 rings (SSSR count). The normalized spacial score (nSPS) is 14.1. The maximum absolute atomic E-state index is 12.1. The number of aryl methyl sites for hydroxylation is 1. The summed E-state index contributed by atoms with van der Waals surface area (Å²) in [4.78, 5) is 14.5. The molecule has 1 aliphatic heterocycles. The Morgan fingerprint density at radius 2 is 1.97 bits per heavy atom. The highest BCUT2D eigenvalue weighted by Gasteiger charge is 2.21. The van der Waals surface area contributed by atoms with Crippen molar-refractivity contribution in [3.05, 3.63) is 71.8 Å². The van der Waals surface area contributed by atoms with E-state index in [1.54, 1.807) is 0 Å². The molecule has 1 unspecified atom stereocenters. The van der Waals surface area contributed by atoms with Crippen LogP contribution in [-0.4, -0.2) is 45.5 Å². The lowest BCUT2D eigenvalue weighted by atomic mass is 9.99. The van der Waals surface area contributed by atoms with Crippen LogP contribution in [0.5, 0.6) is 5.75 Å². The number of hydrogen-bond donors (Lipinski definition) is 0. The molecule has 168 valence electrons. The van der Waals surface area contributed by atoms with Crippen LogP contribution in [0.2, 0.25) is 0 Å². The van der Waals surface area contributed by atoms with Crippen LogP contribution in [0.15, 0.2) is 60.7 Å². The lowest BCUT2D eigenvalue weighted by Gasteiger charge is -2.31. The van der Waals surface area contributed by atoms with Crippen molar-refractivity contribution in [3.8, 4) is 5.75 Å². The van der Waals surface area contributed by atoms with Gasteiger partial charge in [0, 0.05) is 25.3 Å². The van der Waals surface area contributed by atoms with Gasteiger partial charge in [-0.2, -0.15) is 0 Å². The Bertz CT molecular complexity index is 1060. The molecule has 1 atom stereocenters. The summed E-state index contributed by atoms with van der Waals surface area (Å²) in [7, 11) is 1.39. The Labute approximate surface area is 189 Å². The van der Waals surface area contributed by atoms with Gasteiger partial charge in [-0.25, -0.2) is 4.79 Å². The van der Waals surface area contributed by atoms with Gasteiger partial charge >= 0.3 is 5.97 Å². The van der Waals surface area contributed by atoms with Crippen molar-refractivity contribution in [3.63, 3.8) is 0 Å². The van der Waals surface area contributed by atoms with E-state index in [0.29, 0.717) is 19.6 Å². The number of anilines is 1. The van der Waals surface area contributed by atoms with E-state index in [9.17, 15) is 4.79 Å². The van der Waals surface area contributed by atoms with Crippen molar-refractivity contribution >= 4 is 22.4 Å². The Morgan fingerprint density at radius 1 is 1.09 bits per heavy atom. The second-order valence-corrected chi connectivity index (χ2v) is 8.04. The first-order valence-electron chi connectivity index (χ1n) is 11.4. The van der Waals surface area contributed by atoms with E-state index in [1.807, 2.05) is 25.1 Å². The quantitative estimate of drug-likeness (QED) is 0.454. The molecule has 0 radical (unpaired) electrons. The van der Waals surface area contributed by atoms with Gasteiger partial charge < -0.3 is 19.1 Å². The molecule has 5 nitrogen and oxygen atoms in total. The number of hydrogen-bond acceptors (Lipinski definition) is 5. The number of benzene rings is 3. The number of rotatable bonds is 9. The van der Waals surface area contributed by atoms with Gasteiger partial charge in [0.2, 0.25) is 0 Å². The molecule has 0 fully saturated rings. The van der Waals surface area contributed by atoms with Gasteiger partial charge in [0.1, 0.15) is 12.4 Å². The summed E-state index contributed by atoms with van der Waals surface area (Å²) in [6.07, 6.45) is 2.22. The minimum atomic E-state index is -0.598. The van der Waals surface area contributed by atoms with E-state index >= 15 is 0 Å². The molecule has 0 spiro atoms. The molecular formula is C27H31NO4. The van der Waals surface area contributed by atoms with Crippen LogP contribution in [0.4, 0.5) is 5.69 Å². The van der Waals surface area contributed by atoms with Gasteiger partial charge in [0.15, 0.2) is 6.10 Å².